The molecular weight excluding hydrogens is 256 g/mol. The van der Waals surface area contributed by atoms with E-state index < -0.39 is 6.03 Å². The Kier molecular flexibility index (Phi) is 6.09. The van der Waals surface area contributed by atoms with Gasteiger partial charge in [0.2, 0.25) is 0 Å². The summed E-state index contributed by atoms with van der Waals surface area (Å²) in [7, 11) is 0. The van der Waals surface area contributed by atoms with Crippen molar-refractivity contribution in [1.29, 1.82) is 0 Å². The fraction of sp³-hybridized carbons (Fsp3) is 0.571. The van der Waals surface area contributed by atoms with Crippen LogP contribution in [0.25, 0.3) is 0 Å². The van der Waals surface area contributed by atoms with Crippen molar-refractivity contribution in [1.82, 2.24) is 9.88 Å². The first kappa shape index (κ1) is 16.1. The van der Waals surface area contributed by atoms with Crippen molar-refractivity contribution < 1.29 is 9.59 Å². The minimum Gasteiger partial charge on any atom is -0.351 e. The number of anilines is 1. The Morgan fingerprint density at radius 2 is 2.10 bits per heavy atom. The quantitative estimate of drug-likeness (QED) is 0.714. The topological polar surface area (TPSA) is 89.2 Å². The van der Waals surface area contributed by atoms with Gasteiger partial charge in [0.1, 0.15) is 5.69 Å². The lowest BCUT2D eigenvalue weighted by Gasteiger charge is -2.10. The van der Waals surface area contributed by atoms with Crippen LogP contribution in [0.4, 0.5) is 10.5 Å². The summed E-state index contributed by atoms with van der Waals surface area (Å²) < 4.78 is 1.85. The molecule has 3 amide bonds. The summed E-state index contributed by atoms with van der Waals surface area (Å²) in [5.41, 5.74) is 6.19. The first-order valence-corrected chi connectivity index (χ1v) is 6.98. The Morgan fingerprint density at radius 1 is 1.40 bits per heavy atom. The van der Waals surface area contributed by atoms with Crippen molar-refractivity contribution in [2.24, 2.45) is 11.7 Å². The summed E-state index contributed by atoms with van der Waals surface area (Å²) in [5.74, 6) is 0.258. The van der Waals surface area contributed by atoms with Gasteiger partial charge in [-0.2, -0.15) is 0 Å². The van der Waals surface area contributed by atoms with Gasteiger partial charge in [0.15, 0.2) is 0 Å². The molecule has 0 aliphatic carbocycles. The van der Waals surface area contributed by atoms with Gasteiger partial charge < -0.3 is 20.9 Å². The molecule has 0 spiro atoms. The first-order chi connectivity index (χ1) is 9.43. The summed E-state index contributed by atoms with van der Waals surface area (Å²) in [6, 6.07) is 1.02. The van der Waals surface area contributed by atoms with Crippen LogP contribution in [0.1, 0.15) is 44.1 Å². The molecule has 6 nitrogen and oxygen atoms in total. The number of hydrogen-bond acceptors (Lipinski definition) is 2. The maximum absolute atomic E-state index is 12.2. The zero-order chi connectivity index (χ0) is 15.1. The van der Waals surface area contributed by atoms with E-state index in [4.69, 9.17) is 5.73 Å². The molecule has 0 radical (unpaired) electrons. The lowest BCUT2D eigenvalue weighted by molar-refractivity contribution is 0.0939. The molecule has 0 aliphatic rings. The fourth-order valence-corrected chi connectivity index (χ4v) is 1.81. The van der Waals surface area contributed by atoms with Gasteiger partial charge in [-0.15, -0.1) is 0 Å². The van der Waals surface area contributed by atoms with E-state index in [-0.39, 0.29) is 5.91 Å². The van der Waals surface area contributed by atoms with Crippen molar-refractivity contribution in [3.05, 3.63) is 18.0 Å². The highest BCUT2D eigenvalue weighted by Gasteiger charge is 2.14. The number of unbranched alkanes of at least 4 members (excludes halogenated alkanes) is 1. The molecule has 1 rings (SSSR count). The zero-order valence-corrected chi connectivity index (χ0v) is 12.4. The molecule has 0 aliphatic heterocycles. The predicted molar refractivity (Wildman–Crippen MR) is 79.7 cm³/mol. The Balaban J connectivity index is 2.86. The van der Waals surface area contributed by atoms with Gasteiger partial charge in [-0.25, -0.2) is 4.79 Å². The van der Waals surface area contributed by atoms with Gasteiger partial charge in [0.05, 0.1) is 5.69 Å². The Hall–Kier alpha value is -1.98. The average molecular weight is 280 g/mol. The standard InChI is InChI=1S/C14H24N4O2/c1-4-5-6-18-9-11(17-14(15)20)7-12(18)13(19)16-8-10(2)3/h7,9-10H,4-6,8H2,1-3H3,(H,16,19)(H3,15,17,20). The maximum Gasteiger partial charge on any atom is 0.316 e. The lowest BCUT2D eigenvalue weighted by atomic mass is 10.2. The smallest absolute Gasteiger partial charge is 0.316 e. The Morgan fingerprint density at radius 3 is 2.65 bits per heavy atom. The van der Waals surface area contributed by atoms with Crippen molar-refractivity contribution >= 4 is 17.6 Å². The van der Waals surface area contributed by atoms with Crippen LogP contribution in [0.15, 0.2) is 12.3 Å². The third kappa shape index (κ3) is 4.95. The number of urea groups is 1. The SMILES string of the molecule is CCCCn1cc(NC(N)=O)cc1C(=O)NCC(C)C. The Bertz CT molecular complexity index is 466. The monoisotopic (exact) mass is 280 g/mol. The second-order valence-electron chi connectivity index (χ2n) is 5.25. The van der Waals surface area contributed by atoms with Crippen LogP contribution in [0.2, 0.25) is 0 Å². The number of aromatic nitrogens is 1. The summed E-state index contributed by atoms with van der Waals surface area (Å²) >= 11 is 0. The lowest BCUT2D eigenvalue weighted by Crippen LogP contribution is -2.29. The number of carbonyl (C=O) groups excluding carboxylic acids is 2. The first-order valence-electron chi connectivity index (χ1n) is 6.98. The largest absolute Gasteiger partial charge is 0.351 e. The molecule has 112 valence electrons. The third-order valence-electron chi connectivity index (χ3n) is 2.82. The van der Waals surface area contributed by atoms with Gasteiger partial charge in [0, 0.05) is 19.3 Å². The van der Waals surface area contributed by atoms with Gasteiger partial charge in [-0.1, -0.05) is 27.2 Å². The van der Waals surface area contributed by atoms with Crippen molar-refractivity contribution in [3.63, 3.8) is 0 Å². The number of hydrogen-bond donors (Lipinski definition) is 3. The normalized spacial score (nSPS) is 10.6. The molecule has 0 bridgehead atoms. The molecule has 0 aromatic carbocycles. The average Bonchev–Trinajstić information content (AvgIpc) is 2.75. The maximum atomic E-state index is 12.2. The van der Waals surface area contributed by atoms with Gasteiger partial charge in [0.25, 0.3) is 5.91 Å². The molecule has 0 fully saturated rings. The molecule has 6 heteroatoms. The van der Waals surface area contributed by atoms with Crippen LogP contribution in [-0.4, -0.2) is 23.1 Å². The third-order valence-corrected chi connectivity index (χ3v) is 2.82. The molecule has 0 atom stereocenters. The summed E-state index contributed by atoms with van der Waals surface area (Å²) in [5, 5.41) is 5.38. The Labute approximate surface area is 119 Å². The van der Waals surface area contributed by atoms with Crippen molar-refractivity contribution in [3.8, 4) is 0 Å². The van der Waals surface area contributed by atoms with Crippen LogP contribution in [0.5, 0.6) is 0 Å². The van der Waals surface area contributed by atoms with Crippen LogP contribution < -0.4 is 16.4 Å². The van der Waals surface area contributed by atoms with Crippen LogP contribution in [0, 0.1) is 5.92 Å². The molecule has 1 aromatic rings. The van der Waals surface area contributed by atoms with Crippen LogP contribution >= 0.6 is 0 Å². The van der Waals surface area contributed by atoms with E-state index in [1.165, 1.54) is 0 Å². The van der Waals surface area contributed by atoms with E-state index in [2.05, 4.69) is 17.6 Å². The molecule has 0 saturated carbocycles. The summed E-state index contributed by atoms with van der Waals surface area (Å²) in [6.07, 6.45) is 3.74. The van der Waals surface area contributed by atoms with E-state index in [0.717, 1.165) is 19.4 Å². The number of primary amides is 1. The minimum absolute atomic E-state index is 0.132. The number of nitrogens with one attached hydrogen (secondary N) is 2. The summed E-state index contributed by atoms with van der Waals surface area (Å²) in [6.45, 7) is 7.52. The van der Waals surface area contributed by atoms with Crippen LogP contribution in [0.3, 0.4) is 0 Å². The van der Waals surface area contributed by atoms with E-state index >= 15 is 0 Å². The highest BCUT2D eigenvalue weighted by molar-refractivity contribution is 5.95. The molecule has 20 heavy (non-hydrogen) atoms. The van der Waals surface area contributed by atoms with Gasteiger partial charge in [-0.05, 0) is 18.4 Å². The number of nitrogens with two attached hydrogens (primary N) is 1. The number of carbonyl (C=O) groups is 2. The molecule has 1 heterocycles. The second-order valence-corrected chi connectivity index (χ2v) is 5.25. The van der Waals surface area contributed by atoms with E-state index in [9.17, 15) is 9.59 Å². The van der Waals surface area contributed by atoms with Gasteiger partial charge >= 0.3 is 6.03 Å². The molecule has 1 aromatic heterocycles. The zero-order valence-electron chi connectivity index (χ0n) is 12.4. The number of nitrogens with zero attached hydrogens (tertiary/aromatic N) is 1. The minimum atomic E-state index is -0.633. The van der Waals surface area contributed by atoms with E-state index in [1.54, 1.807) is 12.3 Å². The predicted octanol–water partition coefficient (Wildman–Crippen LogP) is 2.16. The molecule has 4 N–H and O–H groups in total. The number of aryl methyl sites for hydroxylation is 1. The number of rotatable bonds is 7. The fourth-order valence-electron chi connectivity index (χ4n) is 1.81. The highest BCUT2D eigenvalue weighted by Crippen LogP contribution is 2.15. The van der Waals surface area contributed by atoms with Crippen LogP contribution in [-0.2, 0) is 6.54 Å². The second kappa shape index (κ2) is 7.57. The molecule has 0 unspecified atom stereocenters. The van der Waals surface area contributed by atoms with Gasteiger partial charge in [-0.3, -0.25) is 4.79 Å². The summed E-state index contributed by atoms with van der Waals surface area (Å²) in [4.78, 5) is 23.0. The molecule has 0 saturated heterocycles. The van der Waals surface area contributed by atoms with Crippen molar-refractivity contribution in [2.75, 3.05) is 11.9 Å². The van der Waals surface area contributed by atoms with Crippen molar-refractivity contribution in [2.45, 2.75) is 40.2 Å². The highest BCUT2D eigenvalue weighted by atomic mass is 16.2. The number of amides is 3. The molecular formula is C14H24N4O2. The van der Waals surface area contributed by atoms with E-state index in [0.29, 0.717) is 23.8 Å². The van der Waals surface area contributed by atoms with E-state index in [1.807, 2.05) is 18.4 Å².